The first kappa shape index (κ1) is 13.9. The van der Waals surface area contributed by atoms with E-state index >= 15 is 0 Å². The van der Waals surface area contributed by atoms with Gasteiger partial charge >= 0.3 is 0 Å². The van der Waals surface area contributed by atoms with Gasteiger partial charge in [0.25, 0.3) is 0 Å². The van der Waals surface area contributed by atoms with Gasteiger partial charge in [-0.05, 0) is 26.7 Å². The molecule has 2 rings (SSSR count). The fraction of sp³-hybridized carbons (Fsp3) is 0.727. The zero-order chi connectivity index (χ0) is 13.2. The quantitative estimate of drug-likeness (QED) is 0.791. The predicted molar refractivity (Wildman–Crippen MR) is 73.2 cm³/mol. The topological polar surface area (TPSA) is 71.1 Å². The number of nitrogens with one attached hydrogen (secondary N) is 2. The van der Waals surface area contributed by atoms with Gasteiger partial charge in [-0.25, -0.2) is 18.1 Å². The van der Waals surface area contributed by atoms with Crippen molar-refractivity contribution in [1.82, 2.24) is 15.0 Å². The summed E-state index contributed by atoms with van der Waals surface area (Å²) in [7, 11) is -3.23. The fourth-order valence-corrected chi connectivity index (χ4v) is 3.67. The second kappa shape index (κ2) is 5.64. The molecule has 18 heavy (non-hydrogen) atoms. The van der Waals surface area contributed by atoms with Crippen molar-refractivity contribution in [2.24, 2.45) is 0 Å². The number of aryl methyl sites for hydroxylation is 1. The average molecular weight is 289 g/mol. The molecule has 5 nitrogen and oxygen atoms in total. The molecule has 2 N–H and O–H groups in total. The third-order valence-electron chi connectivity index (χ3n) is 2.74. The molecule has 1 aromatic heterocycles. The summed E-state index contributed by atoms with van der Waals surface area (Å²) in [6, 6.07) is 0.286. The van der Waals surface area contributed by atoms with Gasteiger partial charge in [0.2, 0.25) is 10.0 Å². The number of rotatable bonds is 7. The molecule has 0 spiro atoms. The zero-order valence-electron chi connectivity index (χ0n) is 10.6. The Kier molecular flexibility index (Phi) is 4.37. The highest BCUT2D eigenvalue weighted by atomic mass is 32.2. The van der Waals surface area contributed by atoms with E-state index in [0.29, 0.717) is 12.6 Å². The van der Waals surface area contributed by atoms with Crippen molar-refractivity contribution in [3.8, 4) is 0 Å². The van der Waals surface area contributed by atoms with Crippen molar-refractivity contribution in [2.75, 3.05) is 12.3 Å². The van der Waals surface area contributed by atoms with Gasteiger partial charge in [-0.15, -0.1) is 11.3 Å². The van der Waals surface area contributed by atoms with Gasteiger partial charge in [-0.3, -0.25) is 0 Å². The van der Waals surface area contributed by atoms with Crippen LogP contribution in [0.2, 0.25) is 0 Å². The molecule has 1 fully saturated rings. The van der Waals surface area contributed by atoms with Gasteiger partial charge in [-0.1, -0.05) is 0 Å². The van der Waals surface area contributed by atoms with Crippen LogP contribution >= 0.6 is 11.3 Å². The fourth-order valence-electron chi connectivity index (χ4n) is 1.63. The van der Waals surface area contributed by atoms with E-state index in [2.05, 4.69) is 15.0 Å². The van der Waals surface area contributed by atoms with Crippen LogP contribution < -0.4 is 10.0 Å². The lowest BCUT2D eigenvalue weighted by Crippen LogP contribution is -2.34. The molecule has 0 aliphatic heterocycles. The molecule has 0 bridgehead atoms. The first-order valence-electron chi connectivity index (χ1n) is 6.12. The maximum absolute atomic E-state index is 11.8. The molecule has 1 aliphatic rings. The van der Waals surface area contributed by atoms with Crippen molar-refractivity contribution >= 4 is 21.4 Å². The molecule has 1 atom stereocenters. The van der Waals surface area contributed by atoms with Gasteiger partial charge in [0, 0.05) is 23.7 Å². The van der Waals surface area contributed by atoms with E-state index in [4.69, 9.17) is 0 Å². The van der Waals surface area contributed by atoms with Crippen LogP contribution in [-0.2, 0) is 10.0 Å². The van der Waals surface area contributed by atoms with E-state index in [1.165, 1.54) is 24.2 Å². The van der Waals surface area contributed by atoms with Crippen LogP contribution in [0.25, 0.3) is 0 Å². The summed E-state index contributed by atoms with van der Waals surface area (Å²) in [5.41, 5.74) is 0.927. The predicted octanol–water partition coefficient (Wildman–Crippen LogP) is 1.18. The first-order chi connectivity index (χ1) is 8.46. The van der Waals surface area contributed by atoms with Crippen LogP contribution in [0, 0.1) is 6.92 Å². The highest BCUT2D eigenvalue weighted by Crippen LogP contribution is 2.19. The second-order valence-corrected chi connectivity index (χ2v) is 7.48. The highest BCUT2D eigenvalue weighted by Gasteiger charge is 2.22. The minimum Gasteiger partial charge on any atom is -0.313 e. The molecule has 7 heteroatoms. The van der Waals surface area contributed by atoms with Gasteiger partial charge in [0.05, 0.1) is 11.8 Å². The number of hydrogen-bond acceptors (Lipinski definition) is 5. The van der Waals surface area contributed by atoms with Crippen LogP contribution in [-0.4, -0.2) is 31.7 Å². The Morgan fingerprint density at radius 2 is 2.28 bits per heavy atom. The second-order valence-electron chi connectivity index (χ2n) is 4.71. The lowest BCUT2D eigenvalue weighted by molar-refractivity contribution is 0.561. The van der Waals surface area contributed by atoms with Crippen molar-refractivity contribution < 1.29 is 8.42 Å². The van der Waals surface area contributed by atoms with E-state index in [-0.39, 0.29) is 11.8 Å². The molecule has 1 aliphatic carbocycles. The average Bonchev–Trinajstić information content (AvgIpc) is 2.98. The minimum absolute atomic E-state index is 0.123. The summed E-state index contributed by atoms with van der Waals surface area (Å²) in [4.78, 5) is 4.29. The number of sulfonamides is 1. The van der Waals surface area contributed by atoms with Crippen LogP contribution in [0.15, 0.2) is 5.38 Å². The molecule has 0 amide bonds. The minimum atomic E-state index is -3.23. The van der Waals surface area contributed by atoms with Crippen molar-refractivity contribution in [1.29, 1.82) is 0 Å². The smallest absolute Gasteiger partial charge is 0.213 e. The van der Waals surface area contributed by atoms with Gasteiger partial charge < -0.3 is 5.32 Å². The molecular formula is C11H19N3O2S2. The largest absolute Gasteiger partial charge is 0.313 e. The SMILES string of the molecule is Cc1csc(C(C)NS(=O)(=O)CCNC2CC2)n1. The third-order valence-corrected chi connectivity index (χ3v) is 5.34. The van der Waals surface area contributed by atoms with E-state index in [1.54, 1.807) is 0 Å². The lowest BCUT2D eigenvalue weighted by atomic mass is 10.4. The summed E-state index contributed by atoms with van der Waals surface area (Å²) < 4.78 is 26.4. The molecule has 1 heterocycles. The Morgan fingerprint density at radius 1 is 1.56 bits per heavy atom. The van der Waals surface area contributed by atoms with E-state index in [9.17, 15) is 8.42 Å². The van der Waals surface area contributed by atoms with Crippen molar-refractivity contribution in [3.63, 3.8) is 0 Å². The van der Waals surface area contributed by atoms with E-state index in [1.807, 2.05) is 19.2 Å². The molecule has 0 radical (unpaired) electrons. The van der Waals surface area contributed by atoms with Crippen molar-refractivity contribution in [3.05, 3.63) is 16.1 Å². The highest BCUT2D eigenvalue weighted by molar-refractivity contribution is 7.89. The molecule has 1 unspecified atom stereocenters. The number of hydrogen-bond donors (Lipinski definition) is 2. The summed E-state index contributed by atoms with van der Waals surface area (Å²) in [6.45, 7) is 4.24. The van der Waals surface area contributed by atoms with Crippen LogP contribution in [0.1, 0.15) is 36.5 Å². The van der Waals surface area contributed by atoms with Gasteiger partial charge in [0.15, 0.2) is 0 Å². The van der Waals surface area contributed by atoms with E-state index in [0.717, 1.165) is 10.7 Å². The van der Waals surface area contributed by atoms with E-state index < -0.39 is 10.0 Å². The van der Waals surface area contributed by atoms with Crippen molar-refractivity contribution in [2.45, 2.75) is 38.8 Å². The molecule has 0 aromatic carbocycles. The third kappa shape index (κ3) is 4.31. The standard InChI is InChI=1S/C11H19N3O2S2/c1-8-7-17-11(13-8)9(2)14-18(15,16)6-5-12-10-3-4-10/h7,9-10,12,14H,3-6H2,1-2H3. The number of aromatic nitrogens is 1. The summed E-state index contributed by atoms with van der Waals surface area (Å²) in [6.07, 6.45) is 2.34. The lowest BCUT2D eigenvalue weighted by Gasteiger charge is -2.12. The summed E-state index contributed by atoms with van der Waals surface area (Å²) in [5, 5.41) is 5.93. The number of thiazole rings is 1. The molecule has 1 saturated carbocycles. The Balaban J connectivity index is 1.82. The van der Waals surface area contributed by atoms with Gasteiger partial charge in [0.1, 0.15) is 5.01 Å². The Labute approximate surface area is 112 Å². The maximum atomic E-state index is 11.8. The van der Waals surface area contributed by atoms with Crippen LogP contribution in [0.3, 0.4) is 0 Å². The Hall–Kier alpha value is -0.500. The summed E-state index contributed by atoms with van der Waals surface area (Å²) in [5.74, 6) is 0.123. The van der Waals surface area contributed by atoms with Crippen LogP contribution in [0.4, 0.5) is 0 Å². The first-order valence-corrected chi connectivity index (χ1v) is 8.65. The molecule has 0 saturated heterocycles. The molecule has 102 valence electrons. The van der Waals surface area contributed by atoms with Crippen LogP contribution in [0.5, 0.6) is 0 Å². The zero-order valence-corrected chi connectivity index (χ0v) is 12.3. The molecular weight excluding hydrogens is 270 g/mol. The maximum Gasteiger partial charge on any atom is 0.213 e. The number of nitrogens with zero attached hydrogens (tertiary/aromatic N) is 1. The Bertz CT molecular complexity index is 494. The monoisotopic (exact) mass is 289 g/mol. The normalized spacial score (nSPS) is 17.9. The summed E-state index contributed by atoms with van der Waals surface area (Å²) >= 11 is 1.48. The van der Waals surface area contributed by atoms with Gasteiger partial charge in [-0.2, -0.15) is 0 Å². The Morgan fingerprint density at radius 3 is 2.83 bits per heavy atom. The molecule has 1 aromatic rings.